The van der Waals surface area contributed by atoms with E-state index in [2.05, 4.69) is 15.5 Å². The molecule has 11 heteroatoms. The van der Waals surface area contributed by atoms with Crippen molar-refractivity contribution in [3.8, 4) is 5.75 Å². The smallest absolute Gasteiger partial charge is 0.230 e. The van der Waals surface area contributed by atoms with Gasteiger partial charge in [0.1, 0.15) is 12.4 Å². The summed E-state index contributed by atoms with van der Waals surface area (Å²) < 4.78 is 30.8. The van der Waals surface area contributed by atoms with Crippen LogP contribution in [0.2, 0.25) is 5.02 Å². The Morgan fingerprint density at radius 3 is 2.76 bits per heavy atom. The number of thioether (sulfide) groups is 1. The molecule has 2 aromatic rings. The van der Waals surface area contributed by atoms with Crippen LogP contribution in [0, 0.1) is 0 Å². The Balaban J connectivity index is 1.36. The first-order valence-electron chi connectivity index (χ1n) is 9.35. The molecule has 2 fully saturated rings. The van der Waals surface area contributed by atoms with Crippen molar-refractivity contribution in [3.05, 3.63) is 35.1 Å². The number of nitrogens with zero attached hydrogens (tertiary/aromatic N) is 3. The van der Waals surface area contributed by atoms with Gasteiger partial charge < -0.3 is 10.1 Å². The topological polar surface area (TPSA) is 103 Å². The monoisotopic (exact) mass is 456 g/mol. The Labute approximate surface area is 178 Å². The number of para-hydroxylation sites is 1. The van der Waals surface area contributed by atoms with Crippen molar-refractivity contribution < 1.29 is 17.9 Å². The van der Waals surface area contributed by atoms with Gasteiger partial charge in [-0.25, -0.2) is 8.42 Å². The predicted molar refractivity (Wildman–Crippen MR) is 110 cm³/mol. The lowest BCUT2D eigenvalue weighted by atomic mass is 10.3. The number of hydrogen-bond acceptors (Lipinski definition) is 7. The number of nitrogens with one attached hydrogen (secondary N) is 1. The predicted octanol–water partition coefficient (Wildman–Crippen LogP) is 2.24. The van der Waals surface area contributed by atoms with Crippen LogP contribution >= 0.6 is 23.4 Å². The minimum Gasteiger partial charge on any atom is -0.484 e. The van der Waals surface area contributed by atoms with Crippen LogP contribution in [0.3, 0.4) is 0 Å². The molecule has 0 bridgehead atoms. The molecule has 8 nitrogen and oxygen atoms in total. The molecule has 1 N–H and O–H groups in total. The van der Waals surface area contributed by atoms with Crippen LogP contribution in [0.1, 0.15) is 31.1 Å². The van der Waals surface area contributed by atoms with E-state index in [9.17, 15) is 13.2 Å². The first kappa shape index (κ1) is 20.5. The van der Waals surface area contributed by atoms with Crippen molar-refractivity contribution in [2.24, 2.45) is 0 Å². The molecule has 2 heterocycles. The fraction of sp³-hybridized carbons (Fsp3) is 0.500. The van der Waals surface area contributed by atoms with Gasteiger partial charge in [0.2, 0.25) is 5.91 Å². The summed E-state index contributed by atoms with van der Waals surface area (Å²) in [7, 11) is -3.02. The number of benzene rings is 1. The summed E-state index contributed by atoms with van der Waals surface area (Å²) in [6.07, 6.45) is 2.55. The zero-order valence-corrected chi connectivity index (χ0v) is 18.0. The van der Waals surface area contributed by atoms with E-state index in [-0.39, 0.29) is 35.8 Å². The highest BCUT2D eigenvalue weighted by Crippen LogP contribution is 2.39. The standard InChI is InChI=1S/C18H21ClN4O4S2/c19-14-3-1-2-4-15(14)27-9-16-21-22-18(23(16)13-5-6-13)28-10-17(24)20-12-7-8-29(25,26)11-12/h1-4,12-13H,5-11H2,(H,20,24)/t12-/m0/s1. The number of carbonyl (C=O) groups is 1. The molecule has 156 valence electrons. The second-order valence-electron chi connectivity index (χ2n) is 7.18. The molecular weight excluding hydrogens is 436 g/mol. The second kappa shape index (κ2) is 8.53. The lowest BCUT2D eigenvalue weighted by molar-refractivity contribution is -0.119. The van der Waals surface area contributed by atoms with Gasteiger partial charge in [0.15, 0.2) is 20.8 Å². The summed E-state index contributed by atoms with van der Waals surface area (Å²) in [4.78, 5) is 12.2. The minimum atomic E-state index is -3.02. The summed E-state index contributed by atoms with van der Waals surface area (Å²) in [6, 6.07) is 7.26. The van der Waals surface area contributed by atoms with E-state index in [0.29, 0.717) is 34.2 Å². The lowest BCUT2D eigenvalue weighted by Gasteiger charge is -2.12. The van der Waals surface area contributed by atoms with E-state index < -0.39 is 9.84 Å². The van der Waals surface area contributed by atoms with Crippen molar-refractivity contribution in [2.75, 3.05) is 17.3 Å². The normalized spacial score (nSPS) is 20.5. The molecule has 1 aromatic carbocycles. The Bertz CT molecular complexity index is 1010. The molecular formula is C18H21ClN4O4S2. The molecule has 1 aliphatic heterocycles. The van der Waals surface area contributed by atoms with Crippen LogP contribution in [0.4, 0.5) is 0 Å². The third kappa shape index (κ3) is 5.23. The summed E-state index contributed by atoms with van der Waals surface area (Å²) in [6.45, 7) is 0.236. The molecule has 0 unspecified atom stereocenters. The number of carbonyl (C=O) groups excluding carboxylic acids is 1. The quantitative estimate of drug-likeness (QED) is 0.607. The molecule has 1 saturated carbocycles. The molecule has 2 aliphatic rings. The number of rotatable bonds is 8. The van der Waals surface area contributed by atoms with Crippen molar-refractivity contribution in [1.29, 1.82) is 0 Å². The zero-order valence-electron chi connectivity index (χ0n) is 15.6. The second-order valence-corrected chi connectivity index (χ2v) is 10.8. The SMILES string of the molecule is O=C(CSc1nnc(COc2ccccc2Cl)n1C1CC1)N[C@H]1CCS(=O)(=O)C1. The van der Waals surface area contributed by atoms with Crippen LogP contribution in [0.25, 0.3) is 0 Å². The van der Waals surface area contributed by atoms with Crippen LogP contribution in [0.5, 0.6) is 5.75 Å². The maximum absolute atomic E-state index is 12.2. The summed E-state index contributed by atoms with van der Waals surface area (Å²) in [5, 5.41) is 12.5. The number of aromatic nitrogens is 3. The van der Waals surface area contributed by atoms with Gasteiger partial charge >= 0.3 is 0 Å². The average molecular weight is 457 g/mol. The van der Waals surface area contributed by atoms with Crippen molar-refractivity contribution in [2.45, 2.75) is 43.1 Å². The number of halogens is 1. The Kier molecular flexibility index (Phi) is 6.03. The van der Waals surface area contributed by atoms with Crippen LogP contribution < -0.4 is 10.1 Å². The highest BCUT2D eigenvalue weighted by molar-refractivity contribution is 7.99. The average Bonchev–Trinajstić information content (AvgIpc) is 3.34. The van der Waals surface area contributed by atoms with Gasteiger partial charge in [-0.1, -0.05) is 35.5 Å². The lowest BCUT2D eigenvalue weighted by Crippen LogP contribution is -2.36. The van der Waals surface area contributed by atoms with Crippen LogP contribution in [-0.4, -0.2) is 52.4 Å². The molecule has 0 radical (unpaired) electrons. The Morgan fingerprint density at radius 2 is 2.07 bits per heavy atom. The summed E-state index contributed by atoms with van der Waals surface area (Å²) >= 11 is 7.43. The number of hydrogen-bond donors (Lipinski definition) is 1. The molecule has 4 rings (SSSR count). The van der Waals surface area contributed by atoms with Gasteiger partial charge in [-0.3, -0.25) is 9.36 Å². The van der Waals surface area contributed by atoms with Crippen molar-refractivity contribution in [3.63, 3.8) is 0 Å². The fourth-order valence-electron chi connectivity index (χ4n) is 3.22. The highest BCUT2D eigenvalue weighted by atomic mass is 35.5. The molecule has 1 amide bonds. The molecule has 1 aromatic heterocycles. The van der Waals surface area contributed by atoms with E-state index in [1.807, 2.05) is 16.7 Å². The largest absolute Gasteiger partial charge is 0.484 e. The Hall–Kier alpha value is -1.78. The number of sulfone groups is 1. The van der Waals surface area contributed by atoms with Gasteiger partial charge in [-0.05, 0) is 31.4 Å². The van der Waals surface area contributed by atoms with Gasteiger partial charge in [0.25, 0.3) is 0 Å². The van der Waals surface area contributed by atoms with Gasteiger partial charge in [-0.2, -0.15) is 0 Å². The van der Waals surface area contributed by atoms with Crippen LogP contribution in [0.15, 0.2) is 29.4 Å². The highest BCUT2D eigenvalue weighted by Gasteiger charge is 2.31. The number of amides is 1. The van der Waals surface area contributed by atoms with E-state index in [1.54, 1.807) is 12.1 Å². The Morgan fingerprint density at radius 1 is 1.28 bits per heavy atom. The molecule has 1 saturated heterocycles. The van der Waals surface area contributed by atoms with Gasteiger partial charge in [-0.15, -0.1) is 10.2 Å². The first-order chi connectivity index (χ1) is 13.9. The third-order valence-corrected chi connectivity index (χ3v) is 7.79. The summed E-state index contributed by atoms with van der Waals surface area (Å²) in [5.74, 6) is 1.39. The fourth-order valence-corrected chi connectivity index (χ4v) is 5.92. The van der Waals surface area contributed by atoms with Crippen molar-refractivity contribution >= 4 is 39.1 Å². The third-order valence-electron chi connectivity index (χ3n) is 4.77. The van der Waals surface area contributed by atoms with Crippen LogP contribution in [-0.2, 0) is 21.2 Å². The molecule has 1 atom stereocenters. The zero-order chi connectivity index (χ0) is 20.4. The van der Waals surface area contributed by atoms with E-state index in [4.69, 9.17) is 16.3 Å². The molecule has 29 heavy (non-hydrogen) atoms. The molecule has 1 aliphatic carbocycles. The van der Waals surface area contributed by atoms with Gasteiger partial charge in [0.05, 0.1) is 22.3 Å². The van der Waals surface area contributed by atoms with E-state index >= 15 is 0 Å². The minimum absolute atomic E-state index is 0.0190. The molecule has 0 spiro atoms. The maximum Gasteiger partial charge on any atom is 0.230 e. The first-order valence-corrected chi connectivity index (χ1v) is 12.5. The number of ether oxygens (including phenoxy) is 1. The van der Waals surface area contributed by atoms with E-state index in [0.717, 1.165) is 12.8 Å². The van der Waals surface area contributed by atoms with E-state index in [1.165, 1.54) is 11.8 Å². The van der Waals surface area contributed by atoms with Crippen molar-refractivity contribution in [1.82, 2.24) is 20.1 Å². The summed E-state index contributed by atoms with van der Waals surface area (Å²) in [5.41, 5.74) is 0. The maximum atomic E-state index is 12.2. The van der Waals surface area contributed by atoms with Gasteiger partial charge in [0, 0.05) is 12.1 Å².